The fourth-order valence-electron chi connectivity index (χ4n) is 3.14. The summed E-state index contributed by atoms with van der Waals surface area (Å²) in [5, 5.41) is 14.6. The molecule has 3 aromatic rings. The number of rotatable bonds is 10. The molecule has 0 aliphatic rings. The van der Waals surface area contributed by atoms with Crippen LogP contribution in [0.5, 0.6) is 5.75 Å². The number of halogens is 1. The maximum absolute atomic E-state index is 12.4. The Morgan fingerprint density at radius 1 is 1.09 bits per heavy atom. The van der Waals surface area contributed by atoms with Gasteiger partial charge in [0.1, 0.15) is 5.75 Å². The van der Waals surface area contributed by atoms with Crippen LogP contribution in [0, 0.1) is 13.8 Å². The van der Waals surface area contributed by atoms with Gasteiger partial charge in [-0.05, 0) is 76.7 Å². The lowest BCUT2D eigenvalue weighted by Gasteiger charge is -2.10. The standard InChI is InChI=1S/C25H30BrN5O3S/c1-15(2)18-6-8-19(9-7-18)34-13-23(32)27-12-22-29-30-25(31(22)5)35-14-24(33)28-21-11-17(4)16(3)10-20(21)26/h6-11,15H,12-14H2,1-5H3,(H,27,32)(H,28,33). The van der Waals surface area contributed by atoms with E-state index in [-0.39, 0.29) is 30.7 Å². The molecular formula is C25H30BrN5O3S. The summed E-state index contributed by atoms with van der Waals surface area (Å²) >= 11 is 4.77. The van der Waals surface area contributed by atoms with Crippen molar-refractivity contribution in [2.24, 2.45) is 7.05 Å². The Labute approximate surface area is 218 Å². The molecule has 0 unspecified atom stereocenters. The Morgan fingerprint density at radius 3 is 2.46 bits per heavy atom. The van der Waals surface area contributed by atoms with E-state index < -0.39 is 0 Å². The van der Waals surface area contributed by atoms with Crippen LogP contribution in [-0.2, 0) is 23.2 Å². The third-order valence-electron chi connectivity index (χ3n) is 5.48. The van der Waals surface area contributed by atoms with Crippen LogP contribution in [0.25, 0.3) is 0 Å². The second-order valence-electron chi connectivity index (χ2n) is 8.50. The summed E-state index contributed by atoms with van der Waals surface area (Å²) in [6.45, 7) is 8.39. The first-order valence-electron chi connectivity index (χ1n) is 11.2. The van der Waals surface area contributed by atoms with Crippen molar-refractivity contribution in [1.29, 1.82) is 0 Å². The lowest BCUT2D eigenvalue weighted by atomic mass is 10.0. The van der Waals surface area contributed by atoms with Gasteiger partial charge in [0, 0.05) is 11.5 Å². The van der Waals surface area contributed by atoms with Crippen molar-refractivity contribution < 1.29 is 14.3 Å². The predicted octanol–water partition coefficient (Wildman–Crippen LogP) is 4.74. The zero-order chi connectivity index (χ0) is 25.5. The summed E-state index contributed by atoms with van der Waals surface area (Å²) in [6, 6.07) is 11.6. The van der Waals surface area contributed by atoms with Gasteiger partial charge in [-0.1, -0.05) is 37.7 Å². The number of aryl methyl sites for hydroxylation is 2. The van der Waals surface area contributed by atoms with Crippen LogP contribution in [-0.4, -0.2) is 38.9 Å². The van der Waals surface area contributed by atoms with Gasteiger partial charge in [0.05, 0.1) is 18.0 Å². The molecule has 0 spiro atoms. The average molecular weight is 561 g/mol. The fraction of sp³-hybridized carbons (Fsp3) is 0.360. The molecule has 0 atom stereocenters. The third kappa shape index (κ3) is 7.57. The Morgan fingerprint density at radius 2 is 1.77 bits per heavy atom. The number of benzene rings is 2. The van der Waals surface area contributed by atoms with E-state index >= 15 is 0 Å². The Kier molecular flexibility index (Phi) is 9.33. The van der Waals surface area contributed by atoms with E-state index in [0.29, 0.717) is 22.6 Å². The maximum atomic E-state index is 12.4. The summed E-state index contributed by atoms with van der Waals surface area (Å²) in [5.74, 6) is 1.45. The van der Waals surface area contributed by atoms with E-state index in [1.165, 1.54) is 17.3 Å². The number of hydrogen-bond acceptors (Lipinski definition) is 6. The van der Waals surface area contributed by atoms with Crippen molar-refractivity contribution in [2.45, 2.75) is 45.3 Å². The Hall–Kier alpha value is -2.85. The molecule has 8 nitrogen and oxygen atoms in total. The van der Waals surface area contributed by atoms with E-state index in [1.54, 1.807) is 11.6 Å². The molecule has 0 aliphatic carbocycles. The first-order chi connectivity index (χ1) is 16.6. The van der Waals surface area contributed by atoms with E-state index in [1.807, 2.05) is 50.2 Å². The number of nitrogens with one attached hydrogen (secondary N) is 2. The minimum atomic E-state index is -0.256. The predicted molar refractivity (Wildman–Crippen MR) is 142 cm³/mol. The van der Waals surface area contributed by atoms with Gasteiger partial charge in [0.25, 0.3) is 5.91 Å². The molecule has 3 rings (SSSR count). The van der Waals surface area contributed by atoms with Crippen molar-refractivity contribution in [2.75, 3.05) is 17.7 Å². The van der Waals surface area contributed by atoms with Crippen LogP contribution in [0.3, 0.4) is 0 Å². The van der Waals surface area contributed by atoms with Crippen LogP contribution >= 0.6 is 27.7 Å². The van der Waals surface area contributed by atoms with Crippen molar-refractivity contribution in [3.63, 3.8) is 0 Å². The largest absolute Gasteiger partial charge is 0.484 e. The normalized spacial score (nSPS) is 10.9. The van der Waals surface area contributed by atoms with Crippen molar-refractivity contribution >= 4 is 45.2 Å². The highest BCUT2D eigenvalue weighted by Crippen LogP contribution is 2.26. The molecule has 1 heterocycles. The van der Waals surface area contributed by atoms with Crippen molar-refractivity contribution in [1.82, 2.24) is 20.1 Å². The first kappa shape index (κ1) is 26.7. The number of anilines is 1. The van der Waals surface area contributed by atoms with Gasteiger partial charge in [0.15, 0.2) is 17.6 Å². The quantitative estimate of drug-likeness (QED) is 0.348. The molecule has 2 N–H and O–H groups in total. The number of carbonyl (C=O) groups is 2. The third-order valence-corrected chi connectivity index (χ3v) is 7.15. The highest BCUT2D eigenvalue weighted by Gasteiger charge is 2.14. The summed E-state index contributed by atoms with van der Waals surface area (Å²) in [7, 11) is 1.80. The molecule has 1 aromatic heterocycles. The molecule has 2 amide bonds. The van der Waals surface area contributed by atoms with Gasteiger partial charge in [-0.2, -0.15) is 0 Å². The molecule has 2 aromatic carbocycles. The molecule has 186 valence electrons. The Balaban J connectivity index is 1.45. The molecule has 0 bridgehead atoms. The number of aromatic nitrogens is 3. The van der Waals surface area contributed by atoms with Crippen LogP contribution in [0.1, 0.15) is 42.3 Å². The summed E-state index contributed by atoms with van der Waals surface area (Å²) < 4.78 is 8.16. The number of amides is 2. The Bertz CT molecular complexity index is 1190. The molecule has 10 heteroatoms. The summed E-state index contributed by atoms with van der Waals surface area (Å²) in [5.41, 5.74) is 4.20. The molecule has 0 fully saturated rings. The minimum Gasteiger partial charge on any atom is -0.484 e. The number of ether oxygens (including phenoxy) is 1. The zero-order valence-corrected chi connectivity index (χ0v) is 22.9. The van der Waals surface area contributed by atoms with Gasteiger partial charge in [0.2, 0.25) is 5.91 Å². The number of thioether (sulfide) groups is 1. The molecule has 0 radical (unpaired) electrons. The molecule has 0 saturated heterocycles. The second kappa shape index (κ2) is 12.2. The second-order valence-corrected chi connectivity index (χ2v) is 10.3. The molecule has 0 saturated carbocycles. The van der Waals surface area contributed by atoms with Crippen LogP contribution in [0.15, 0.2) is 46.0 Å². The van der Waals surface area contributed by atoms with Gasteiger partial charge < -0.3 is 19.9 Å². The summed E-state index contributed by atoms with van der Waals surface area (Å²) in [6.07, 6.45) is 0. The van der Waals surface area contributed by atoms with Gasteiger partial charge in [-0.15, -0.1) is 10.2 Å². The fourth-order valence-corrected chi connectivity index (χ4v) is 4.43. The smallest absolute Gasteiger partial charge is 0.258 e. The highest BCUT2D eigenvalue weighted by atomic mass is 79.9. The van der Waals surface area contributed by atoms with Gasteiger partial charge in [-0.3, -0.25) is 9.59 Å². The van der Waals surface area contributed by atoms with E-state index in [2.05, 4.69) is 50.6 Å². The SMILES string of the molecule is Cc1cc(Br)c(NC(=O)CSc2nnc(CNC(=O)COc3ccc(C(C)C)cc3)n2C)cc1C. The minimum absolute atomic E-state index is 0.0886. The highest BCUT2D eigenvalue weighted by molar-refractivity contribution is 9.10. The first-order valence-corrected chi connectivity index (χ1v) is 13.0. The maximum Gasteiger partial charge on any atom is 0.258 e. The van der Waals surface area contributed by atoms with E-state index in [4.69, 9.17) is 4.74 Å². The lowest BCUT2D eigenvalue weighted by Crippen LogP contribution is -2.29. The van der Waals surface area contributed by atoms with Crippen LogP contribution in [0.4, 0.5) is 5.69 Å². The lowest BCUT2D eigenvalue weighted by molar-refractivity contribution is -0.123. The zero-order valence-electron chi connectivity index (χ0n) is 20.5. The molecule has 0 aliphatic heterocycles. The van der Waals surface area contributed by atoms with Gasteiger partial charge >= 0.3 is 0 Å². The van der Waals surface area contributed by atoms with Crippen LogP contribution < -0.4 is 15.4 Å². The van der Waals surface area contributed by atoms with Crippen molar-refractivity contribution in [3.05, 3.63) is 63.4 Å². The van der Waals surface area contributed by atoms with Crippen molar-refractivity contribution in [3.8, 4) is 5.75 Å². The number of hydrogen-bond donors (Lipinski definition) is 2. The molecule has 35 heavy (non-hydrogen) atoms. The monoisotopic (exact) mass is 559 g/mol. The topological polar surface area (TPSA) is 98.1 Å². The molecular weight excluding hydrogens is 530 g/mol. The average Bonchev–Trinajstić information content (AvgIpc) is 3.18. The van der Waals surface area contributed by atoms with E-state index in [9.17, 15) is 9.59 Å². The number of carbonyl (C=O) groups excluding carboxylic acids is 2. The summed E-state index contributed by atoms with van der Waals surface area (Å²) in [4.78, 5) is 24.6. The number of nitrogens with zero attached hydrogens (tertiary/aromatic N) is 3. The van der Waals surface area contributed by atoms with E-state index in [0.717, 1.165) is 21.3 Å². The van der Waals surface area contributed by atoms with Gasteiger partial charge in [-0.25, -0.2) is 0 Å². The van der Waals surface area contributed by atoms with Crippen LogP contribution in [0.2, 0.25) is 0 Å².